The molecule has 1 N–H and O–H groups in total. The van der Waals surface area contributed by atoms with E-state index >= 15 is 0 Å². The molecule has 18 heavy (non-hydrogen) atoms. The molecule has 0 spiro atoms. The van der Waals surface area contributed by atoms with Gasteiger partial charge >= 0.3 is 0 Å². The number of aliphatic hydroxyl groups is 1. The average Bonchev–Trinajstić information content (AvgIpc) is 2.37. The number of hydrogen-bond acceptors (Lipinski definition) is 4. The molecular weight excluding hydrogens is 232 g/mol. The molecule has 0 radical (unpaired) electrons. The SMILES string of the molecule is COCC(O)CN(C)C(=O)CCc1ccccn1. The lowest BCUT2D eigenvalue weighted by atomic mass is 10.2. The van der Waals surface area contributed by atoms with Crippen LogP contribution in [0.1, 0.15) is 12.1 Å². The van der Waals surface area contributed by atoms with Gasteiger partial charge in [0.15, 0.2) is 0 Å². The fourth-order valence-corrected chi connectivity index (χ4v) is 1.63. The Hall–Kier alpha value is -1.46. The largest absolute Gasteiger partial charge is 0.389 e. The third kappa shape index (κ3) is 5.25. The molecule has 0 aromatic carbocycles. The smallest absolute Gasteiger partial charge is 0.222 e. The Kier molecular flexibility index (Phi) is 6.32. The van der Waals surface area contributed by atoms with E-state index in [2.05, 4.69) is 4.98 Å². The molecule has 0 aliphatic rings. The maximum atomic E-state index is 11.8. The summed E-state index contributed by atoms with van der Waals surface area (Å²) >= 11 is 0. The second kappa shape index (κ2) is 7.79. The van der Waals surface area contributed by atoms with Crippen molar-refractivity contribution in [2.75, 3.05) is 27.3 Å². The van der Waals surface area contributed by atoms with Gasteiger partial charge in [0, 0.05) is 39.0 Å². The van der Waals surface area contributed by atoms with Gasteiger partial charge in [-0.2, -0.15) is 0 Å². The highest BCUT2D eigenvalue weighted by Crippen LogP contribution is 2.01. The molecule has 1 atom stereocenters. The Bertz CT molecular complexity index is 357. The molecule has 100 valence electrons. The number of likely N-dealkylation sites (N-methyl/N-ethyl adjacent to an activating group) is 1. The number of carbonyl (C=O) groups excluding carboxylic acids is 1. The summed E-state index contributed by atoms with van der Waals surface area (Å²) in [6.07, 6.45) is 2.09. The Balaban J connectivity index is 2.32. The van der Waals surface area contributed by atoms with E-state index in [1.807, 2.05) is 18.2 Å². The van der Waals surface area contributed by atoms with E-state index in [1.54, 1.807) is 13.2 Å². The number of ether oxygens (including phenoxy) is 1. The van der Waals surface area contributed by atoms with Crippen LogP contribution < -0.4 is 0 Å². The summed E-state index contributed by atoms with van der Waals surface area (Å²) in [4.78, 5) is 17.5. The van der Waals surface area contributed by atoms with E-state index in [0.717, 1.165) is 5.69 Å². The number of rotatable bonds is 7. The Morgan fingerprint density at radius 2 is 2.33 bits per heavy atom. The summed E-state index contributed by atoms with van der Waals surface area (Å²) in [6.45, 7) is 0.521. The number of amides is 1. The highest BCUT2D eigenvalue weighted by atomic mass is 16.5. The third-order valence-electron chi connectivity index (χ3n) is 2.59. The van der Waals surface area contributed by atoms with E-state index in [0.29, 0.717) is 12.8 Å². The molecule has 0 aliphatic heterocycles. The maximum absolute atomic E-state index is 11.8. The van der Waals surface area contributed by atoms with Gasteiger partial charge in [0.1, 0.15) is 0 Å². The zero-order chi connectivity index (χ0) is 13.4. The lowest BCUT2D eigenvalue weighted by Gasteiger charge is -2.20. The van der Waals surface area contributed by atoms with Crippen molar-refractivity contribution in [3.8, 4) is 0 Å². The monoisotopic (exact) mass is 252 g/mol. The van der Waals surface area contributed by atoms with E-state index < -0.39 is 6.10 Å². The Labute approximate surface area is 107 Å². The minimum Gasteiger partial charge on any atom is -0.389 e. The summed E-state index contributed by atoms with van der Waals surface area (Å²) in [5, 5.41) is 9.52. The number of methoxy groups -OCH3 is 1. The van der Waals surface area contributed by atoms with E-state index in [4.69, 9.17) is 4.74 Å². The highest BCUT2D eigenvalue weighted by Gasteiger charge is 2.13. The topological polar surface area (TPSA) is 62.7 Å². The number of hydrogen-bond donors (Lipinski definition) is 1. The molecule has 1 unspecified atom stereocenters. The number of aliphatic hydroxyl groups excluding tert-OH is 1. The van der Waals surface area contributed by atoms with Crippen LogP contribution in [0, 0.1) is 0 Å². The molecule has 5 nitrogen and oxygen atoms in total. The fraction of sp³-hybridized carbons (Fsp3) is 0.538. The Morgan fingerprint density at radius 1 is 1.56 bits per heavy atom. The second-order valence-electron chi connectivity index (χ2n) is 4.20. The molecule has 0 saturated heterocycles. The van der Waals surface area contributed by atoms with Gasteiger partial charge in [-0.15, -0.1) is 0 Å². The van der Waals surface area contributed by atoms with Gasteiger partial charge in [0.05, 0.1) is 12.7 Å². The fourth-order valence-electron chi connectivity index (χ4n) is 1.63. The standard InChI is InChI=1S/C13H20N2O3/c1-15(9-12(16)10-18-2)13(17)7-6-11-5-3-4-8-14-11/h3-5,8,12,16H,6-7,9-10H2,1-2H3. The van der Waals surface area contributed by atoms with Crippen molar-refractivity contribution in [3.63, 3.8) is 0 Å². The van der Waals surface area contributed by atoms with Gasteiger partial charge in [-0.3, -0.25) is 9.78 Å². The predicted molar refractivity (Wildman–Crippen MR) is 68.1 cm³/mol. The minimum atomic E-state index is -0.640. The van der Waals surface area contributed by atoms with Gasteiger partial charge in [-0.05, 0) is 18.6 Å². The molecule has 1 aromatic rings. The molecule has 1 aromatic heterocycles. The zero-order valence-electron chi connectivity index (χ0n) is 10.9. The van der Waals surface area contributed by atoms with Crippen LogP contribution in [0.25, 0.3) is 0 Å². The van der Waals surface area contributed by atoms with Crippen molar-refractivity contribution >= 4 is 5.91 Å². The summed E-state index contributed by atoms with van der Waals surface area (Å²) in [5.41, 5.74) is 0.900. The number of carbonyl (C=O) groups is 1. The van der Waals surface area contributed by atoms with E-state index in [9.17, 15) is 9.90 Å². The molecule has 0 saturated carbocycles. The van der Waals surface area contributed by atoms with Crippen molar-refractivity contribution in [2.45, 2.75) is 18.9 Å². The van der Waals surface area contributed by atoms with Gasteiger partial charge in [-0.25, -0.2) is 0 Å². The molecular formula is C13H20N2O3. The summed E-state index contributed by atoms with van der Waals surface area (Å²) in [6, 6.07) is 5.64. The van der Waals surface area contributed by atoms with Crippen LogP contribution in [0.2, 0.25) is 0 Å². The first kappa shape index (κ1) is 14.6. The molecule has 1 rings (SSSR count). The molecule has 1 heterocycles. The Morgan fingerprint density at radius 3 is 2.94 bits per heavy atom. The number of nitrogens with zero attached hydrogens (tertiary/aromatic N) is 2. The van der Waals surface area contributed by atoms with Crippen molar-refractivity contribution in [2.24, 2.45) is 0 Å². The van der Waals surface area contributed by atoms with Crippen LogP contribution >= 0.6 is 0 Å². The zero-order valence-corrected chi connectivity index (χ0v) is 10.9. The van der Waals surface area contributed by atoms with Crippen molar-refractivity contribution in [3.05, 3.63) is 30.1 Å². The van der Waals surface area contributed by atoms with E-state index in [-0.39, 0.29) is 19.1 Å². The van der Waals surface area contributed by atoms with Crippen LogP contribution in [0.5, 0.6) is 0 Å². The summed E-state index contributed by atoms with van der Waals surface area (Å²) in [7, 11) is 3.20. The van der Waals surface area contributed by atoms with E-state index in [1.165, 1.54) is 12.0 Å². The lowest BCUT2D eigenvalue weighted by molar-refractivity contribution is -0.131. The van der Waals surface area contributed by atoms with Crippen LogP contribution in [-0.4, -0.2) is 54.3 Å². The van der Waals surface area contributed by atoms with Crippen molar-refractivity contribution in [1.29, 1.82) is 0 Å². The first-order chi connectivity index (χ1) is 8.63. The van der Waals surface area contributed by atoms with Crippen LogP contribution in [0.4, 0.5) is 0 Å². The molecule has 0 fully saturated rings. The first-order valence-corrected chi connectivity index (χ1v) is 5.94. The van der Waals surface area contributed by atoms with Crippen LogP contribution in [0.15, 0.2) is 24.4 Å². The number of pyridine rings is 1. The number of aryl methyl sites for hydroxylation is 1. The van der Waals surface area contributed by atoms with Crippen LogP contribution in [-0.2, 0) is 16.0 Å². The number of aromatic nitrogens is 1. The van der Waals surface area contributed by atoms with Gasteiger partial charge in [0.2, 0.25) is 5.91 Å². The normalized spacial score (nSPS) is 12.2. The van der Waals surface area contributed by atoms with Crippen molar-refractivity contribution in [1.82, 2.24) is 9.88 Å². The minimum absolute atomic E-state index is 0.00388. The van der Waals surface area contributed by atoms with Gasteiger partial charge < -0.3 is 14.7 Å². The lowest BCUT2D eigenvalue weighted by Crippen LogP contribution is -2.36. The van der Waals surface area contributed by atoms with Gasteiger partial charge in [0.25, 0.3) is 0 Å². The average molecular weight is 252 g/mol. The third-order valence-corrected chi connectivity index (χ3v) is 2.59. The predicted octanol–water partition coefficient (Wildman–Crippen LogP) is 0.480. The van der Waals surface area contributed by atoms with Crippen molar-refractivity contribution < 1.29 is 14.6 Å². The maximum Gasteiger partial charge on any atom is 0.222 e. The van der Waals surface area contributed by atoms with Crippen LogP contribution in [0.3, 0.4) is 0 Å². The molecule has 0 aliphatic carbocycles. The quantitative estimate of drug-likeness (QED) is 0.766. The van der Waals surface area contributed by atoms with Gasteiger partial charge in [-0.1, -0.05) is 6.07 Å². The molecule has 0 bridgehead atoms. The molecule has 1 amide bonds. The summed E-state index contributed by atoms with van der Waals surface area (Å²) in [5.74, 6) is -0.00388. The summed E-state index contributed by atoms with van der Waals surface area (Å²) < 4.78 is 4.82. The highest BCUT2D eigenvalue weighted by molar-refractivity contribution is 5.76. The first-order valence-electron chi connectivity index (χ1n) is 5.94. The second-order valence-corrected chi connectivity index (χ2v) is 4.20. The molecule has 5 heteroatoms.